The van der Waals surface area contributed by atoms with Crippen molar-refractivity contribution >= 4 is 11.8 Å². The lowest BCUT2D eigenvalue weighted by Gasteiger charge is -2.39. The van der Waals surface area contributed by atoms with E-state index < -0.39 is 59.5 Å². The molecule has 190 valence electrons. The first kappa shape index (κ1) is 24.9. The summed E-state index contributed by atoms with van der Waals surface area (Å²) in [5.74, 6) is -4.11. The summed E-state index contributed by atoms with van der Waals surface area (Å²) in [5, 5.41) is 8.96. The van der Waals surface area contributed by atoms with E-state index >= 15 is 0 Å². The zero-order chi connectivity index (χ0) is 25.7. The minimum absolute atomic E-state index is 0.0135. The number of carbonyl (C=O) groups is 2. The van der Waals surface area contributed by atoms with E-state index in [1.54, 1.807) is 0 Å². The molecule has 35 heavy (non-hydrogen) atoms. The molecule has 8 nitrogen and oxygen atoms in total. The first-order valence-corrected chi connectivity index (χ1v) is 10.5. The molecule has 2 aliphatic rings. The van der Waals surface area contributed by atoms with Gasteiger partial charge in [0.25, 0.3) is 11.8 Å². The molecule has 4 rings (SSSR count). The number of hydrogen-bond donors (Lipinski definition) is 1. The second kappa shape index (κ2) is 8.81. The first-order chi connectivity index (χ1) is 16.3. The van der Waals surface area contributed by atoms with Crippen LogP contribution in [0.25, 0.3) is 11.5 Å². The number of nitrogens with zero attached hydrogens (tertiary/aromatic N) is 3. The summed E-state index contributed by atoms with van der Waals surface area (Å²) >= 11 is 0. The quantitative estimate of drug-likeness (QED) is 0.623. The van der Waals surface area contributed by atoms with Gasteiger partial charge in [0.15, 0.2) is 0 Å². The molecule has 0 unspecified atom stereocenters. The average molecular weight is 506 g/mol. The Morgan fingerprint density at radius 3 is 2.57 bits per heavy atom. The molecule has 1 fully saturated rings. The maximum atomic E-state index is 14.9. The van der Waals surface area contributed by atoms with Crippen molar-refractivity contribution in [3.8, 4) is 11.5 Å². The van der Waals surface area contributed by atoms with Crippen LogP contribution in [0.2, 0.25) is 0 Å². The van der Waals surface area contributed by atoms with E-state index in [0.29, 0.717) is 0 Å². The van der Waals surface area contributed by atoms with E-state index in [-0.39, 0.29) is 42.9 Å². The molecule has 14 heteroatoms. The van der Waals surface area contributed by atoms with Crippen molar-refractivity contribution in [2.45, 2.75) is 51.5 Å². The Labute approximate surface area is 194 Å². The Kier molecular flexibility index (Phi) is 6.28. The third-order valence-electron chi connectivity index (χ3n) is 6.20. The number of nitrogens with one attached hydrogen (secondary N) is 1. The van der Waals surface area contributed by atoms with Gasteiger partial charge in [-0.3, -0.25) is 9.59 Å². The first-order valence-electron chi connectivity index (χ1n) is 10.5. The Balaban J connectivity index is 1.58. The summed E-state index contributed by atoms with van der Waals surface area (Å²) in [6.45, 7) is 1.31. The molecule has 1 aromatic heterocycles. The highest BCUT2D eigenvalue weighted by Crippen LogP contribution is 2.38. The fourth-order valence-corrected chi connectivity index (χ4v) is 3.93. The zero-order valence-corrected chi connectivity index (χ0v) is 18.5. The molecular formula is C21H20F6N4O4. The van der Waals surface area contributed by atoms with E-state index in [1.807, 2.05) is 0 Å². The fourth-order valence-electron chi connectivity index (χ4n) is 3.93. The summed E-state index contributed by atoms with van der Waals surface area (Å²) in [7, 11) is 0. The number of alkyl halides is 5. The van der Waals surface area contributed by atoms with Crippen molar-refractivity contribution in [1.29, 1.82) is 0 Å². The SMILES string of the molecule is CC(C)(C(=O)N[C@@H]1COCC[C@H]1N1Cc2c(F)cc(-c3nnc(C(F)F)o3)cc2C1=O)C(F)(F)F. The molecule has 1 saturated heterocycles. The highest BCUT2D eigenvalue weighted by atomic mass is 19.4. The minimum Gasteiger partial charge on any atom is -0.415 e. The Bertz CT molecular complexity index is 1150. The number of fused-ring (bicyclic) bond motifs is 1. The van der Waals surface area contributed by atoms with Gasteiger partial charge in [-0.15, -0.1) is 10.2 Å². The number of halogens is 6. The molecule has 1 N–H and O–H groups in total. The van der Waals surface area contributed by atoms with Crippen LogP contribution < -0.4 is 5.32 Å². The number of ether oxygens (including phenoxy) is 1. The summed E-state index contributed by atoms with van der Waals surface area (Å²) in [5.41, 5.74) is -2.84. The van der Waals surface area contributed by atoms with Crippen molar-refractivity contribution in [2.75, 3.05) is 13.2 Å². The molecule has 2 amide bonds. The topological polar surface area (TPSA) is 97.6 Å². The maximum absolute atomic E-state index is 14.9. The number of hydrogen-bond acceptors (Lipinski definition) is 6. The molecule has 0 radical (unpaired) electrons. The molecule has 0 bridgehead atoms. The van der Waals surface area contributed by atoms with E-state index in [4.69, 9.17) is 9.15 Å². The smallest absolute Gasteiger partial charge is 0.402 e. The summed E-state index contributed by atoms with van der Waals surface area (Å²) in [4.78, 5) is 26.8. The van der Waals surface area contributed by atoms with Crippen LogP contribution in [0.3, 0.4) is 0 Å². The van der Waals surface area contributed by atoms with Gasteiger partial charge in [0.1, 0.15) is 11.2 Å². The lowest BCUT2D eigenvalue weighted by molar-refractivity contribution is -0.212. The summed E-state index contributed by atoms with van der Waals surface area (Å²) in [6.07, 6.45) is -7.65. The van der Waals surface area contributed by atoms with Gasteiger partial charge < -0.3 is 19.4 Å². The molecule has 0 saturated carbocycles. The lowest BCUT2D eigenvalue weighted by Crippen LogP contribution is -2.60. The van der Waals surface area contributed by atoms with Gasteiger partial charge in [-0.2, -0.15) is 22.0 Å². The van der Waals surface area contributed by atoms with Crippen LogP contribution in [0, 0.1) is 11.2 Å². The Morgan fingerprint density at radius 2 is 1.94 bits per heavy atom. The Morgan fingerprint density at radius 1 is 1.23 bits per heavy atom. The fraction of sp³-hybridized carbons (Fsp3) is 0.524. The standard InChI is InChI=1S/C21H20F6N4O4/c1-20(2,21(25,26)27)19(33)28-13-8-34-4-3-14(13)31-7-11-10(18(31)32)5-9(6-12(11)22)16-29-30-17(35-16)15(23)24/h5-6,13-15H,3-4,7-8H2,1-2H3,(H,28,33)/t13-,14-/m1/s1. The van der Waals surface area contributed by atoms with Gasteiger partial charge in [-0.25, -0.2) is 4.39 Å². The predicted molar refractivity (Wildman–Crippen MR) is 106 cm³/mol. The van der Waals surface area contributed by atoms with E-state index in [1.165, 1.54) is 11.0 Å². The molecule has 0 spiro atoms. The largest absolute Gasteiger partial charge is 0.415 e. The van der Waals surface area contributed by atoms with Gasteiger partial charge >= 0.3 is 12.6 Å². The van der Waals surface area contributed by atoms with Crippen LogP contribution in [0.5, 0.6) is 0 Å². The number of rotatable bonds is 5. The third-order valence-corrected chi connectivity index (χ3v) is 6.20. The van der Waals surface area contributed by atoms with Crippen LogP contribution in [-0.4, -0.2) is 58.4 Å². The highest BCUT2D eigenvalue weighted by Gasteiger charge is 2.54. The monoisotopic (exact) mass is 506 g/mol. The van der Waals surface area contributed by atoms with Crippen molar-refractivity contribution in [3.05, 3.63) is 35.0 Å². The van der Waals surface area contributed by atoms with Crippen LogP contribution in [-0.2, 0) is 16.1 Å². The van der Waals surface area contributed by atoms with Crippen molar-refractivity contribution in [2.24, 2.45) is 5.41 Å². The second-order valence-corrected chi connectivity index (χ2v) is 8.80. The van der Waals surface area contributed by atoms with Gasteiger partial charge in [0, 0.05) is 23.3 Å². The molecule has 2 aliphatic heterocycles. The van der Waals surface area contributed by atoms with Crippen LogP contribution >= 0.6 is 0 Å². The van der Waals surface area contributed by atoms with Gasteiger partial charge in [-0.1, -0.05) is 0 Å². The zero-order valence-electron chi connectivity index (χ0n) is 18.5. The number of amides is 2. The minimum atomic E-state index is -4.81. The summed E-state index contributed by atoms with van der Waals surface area (Å²) in [6, 6.07) is 0.452. The van der Waals surface area contributed by atoms with Crippen molar-refractivity contribution < 1.29 is 45.1 Å². The van der Waals surface area contributed by atoms with Gasteiger partial charge in [0.05, 0.1) is 25.2 Å². The van der Waals surface area contributed by atoms with Crippen molar-refractivity contribution in [3.63, 3.8) is 0 Å². The molecule has 2 aromatic rings. The van der Waals surface area contributed by atoms with Gasteiger partial charge in [0.2, 0.25) is 11.8 Å². The van der Waals surface area contributed by atoms with Crippen molar-refractivity contribution in [1.82, 2.24) is 20.4 Å². The summed E-state index contributed by atoms with van der Waals surface area (Å²) < 4.78 is 90.4. The van der Waals surface area contributed by atoms with Crippen LogP contribution in [0.15, 0.2) is 16.5 Å². The number of carbonyl (C=O) groups excluding carboxylic acids is 2. The van der Waals surface area contributed by atoms with Crippen LogP contribution in [0.1, 0.15) is 48.5 Å². The number of benzene rings is 1. The Hall–Kier alpha value is -3.16. The number of aromatic nitrogens is 2. The third kappa shape index (κ3) is 4.46. The maximum Gasteiger partial charge on any atom is 0.402 e. The van der Waals surface area contributed by atoms with Crippen LogP contribution in [0.4, 0.5) is 26.3 Å². The predicted octanol–water partition coefficient (Wildman–Crippen LogP) is 3.63. The van der Waals surface area contributed by atoms with E-state index in [9.17, 15) is 35.9 Å². The van der Waals surface area contributed by atoms with Gasteiger partial charge in [-0.05, 0) is 32.4 Å². The molecule has 3 heterocycles. The molecule has 0 aliphatic carbocycles. The molecule has 1 aromatic carbocycles. The van der Waals surface area contributed by atoms with E-state index in [2.05, 4.69) is 15.5 Å². The normalized spacial score (nSPS) is 20.9. The average Bonchev–Trinajstić information content (AvgIpc) is 3.39. The molecular weight excluding hydrogens is 486 g/mol. The lowest BCUT2D eigenvalue weighted by atomic mass is 9.90. The second-order valence-electron chi connectivity index (χ2n) is 8.80. The highest BCUT2D eigenvalue weighted by molar-refractivity contribution is 5.99. The molecule has 2 atom stereocenters. The van der Waals surface area contributed by atoms with E-state index in [0.717, 1.165) is 19.9 Å².